The van der Waals surface area contributed by atoms with Crippen molar-refractivity contribution in [1.29, 1.82) is 0 Å². The summed E-state index contributed by atoms with van der Waals surface area (Å²) in [6.07, 6.45) is 6.17. The van der Waals surface area contributed by atoms with Crippen LogP contribution in [0.5, 0.6) is 0 Å². The number of benzene rings is 1. The summed E-state index contributed by atoms with van der Waals surface area (Å²) in [6, 6.07) is 11.6. The number of rotatable bonds is 10. The Labute approximate surface area is 208 Å². The number of methoxy groups -OCH3 is 1. The SMILES string of the molecule is COCCNC(=O)CC[C@@H]1CN(Cc2ccncc2)CC[C@@H]1N1CCN(c2ccccc2F)CC1. The maximum Gasteiger partial charge on any atom is 0.220 e. The second-order valence-electron chi connectivity index (χ2n) is 9.56. The molecule has 1 amide bonds. The van der Waals surface area contributed by atoms with E-state index >= 15 is 0 Å². The molecular weight excluding hydrogens is 445 g/mol. The zero-order valence-electron chi connectivity index (χ0n) is 20.7. The number of piperazine rings is 1. The summed E-state index contributed by atoms with van der Waals surface area (Å²) in [6.45, 7) is 7.49. The van der Waals surface area contributed by atoms with E-state index in [0.29, 0.717) is 37.2 Å². The molecule has 0 unspecified atom stereocenters. The summed E-state index contributed by atoms with van der Waals surface area (Å²) in [5.41, 5.74) is 1.97. The Morgan fingerprint density at radius 3 is 2.63 bits per heavy atom. The molecule has 1 aromatic carbocycles. The Morgan fingerprint density at radius 1 is 1.11 bits per heavy atom. The van der Waals surface area contributed by atoms with E-state index in [1.54, 1.807) is 13.2 Å². The van der Waals surface area contributed by atoms with E-state index < -0.39 is 0 Å². The highest BCUT2D eigenvalue weighted by Gasteiger charge is 2.35. The minimum Gasteiger partial charge on any atom is -0.383 e. The van der Waals surface area contributed by atoms with Crippen LogP contribution in [0.1, 0.15) is 24.8 Å². The molecule has 2 aromatic rings. The second kappa shape index (κ2) is 13.0. The monoisotopic (exact) mass is 483 g/mol. The van der Waals surface area contributed by atoms with E-state index in [2.05, 4.69) is 37.1 Å². The van der Waals surface area contributed by atoms with Crippen LogP contribution in [0, 0.1) is 11.7 Å². The van der Waals surface area contributed by atoms with Gasteiger partial charge in [0.2, 0.25) is 5.91 Å². The highest BCUT2D eigenvalue weighted by atomic mass is 19.1. The lowest BCUT2D eigenvalue weighted by atomic mass is 9.86. The molecule has 7 nitrogen and oxygen atoms in total. The van der Waals surface area contributed by atoms with E-state index in [9.17, 15) is 9.18 Å². The van der Waals surface area contributed by atoms with E-state index in [-0.39, 0.29) is 11.7 Å². The third-order valence-electron chi connectivity index (χ3n) is 7.28. The Hall–Kier alpha value is -2.55. The minimum atomic E-state index is -0.150. The lowest BCUT2D eigenvalue weighted by molar-refractivity contribution is -0.121. The Kier molecular flexibility index (Phi) is 9.45. The smallest absolute Gasteiger partial charge is 0.220 e. The fraction of sp³-hybridized carbons (Fsp3) is 0.556. The first-order chi connectivity index (χ1) is 17.1. The zero-order chi connectivity index (χ0) is 24.5. The van der Waals surface area contributed by atoms with Gasteiger partial charge in [-0.05, 0) is 55.1 Å². The van der Waals surface area contributed by atoms with Crippen molar-refractivity contribution in [2.45, 2.75) is 31.8 Å². The van der Waals surface area contributed by atoms with Crippen LogP contribution in [0.3, 0.4) is 0 Å². The molecule has 1 N–H and O–H groups in total. The van der Waals surface area contributed by atoms with Gasteiger partial charge in [0.25, 0.3) is 0 Å². The standard InChI is InChI=1S/C27H38FN5O2/c1-35-19-13-30-27(34)7-6-23-21-31(20-22-8-11-29-12-9-22)14-10-25(23)32-15-17-33(18-16-32)26-5-3-2-4-24(26)28/h2-5,8-9,11-12,23,25H,6-7,10,13-21H2,1H3,(H,30,34)/t23-,25+/m1/s1. The molecule has 1 aromatic heterocycles. The van der Waals surface area contributed by atoms with Crippen molar-refractivity contribution < 1.29 is 13.9 Å². The first-order valence-corrected chi connectivity index (χ1v) is 12.7. The molecule has 0 radical (unpaired) electrons. The quantitative estimate of drug-likeness (QED) is 0.525. The number of likely N-dealkylation sites (tertiary alicyclic amines) is 1. The van der Waals surface area contributed by atoms with Crippen LogP contribution < -0.4 is 10.2 Å². The molecule has 35 heavy (non-hydrogen) atoms. The number of hydrogen-bond acceptors (Lipinski definition) is 6. The number of halogens is 1. The Bertz CT molecular complexity index is 923. The van der Waals surface area contributed by atoms with E-state index in [4.69, 9.17) is 4.74 Å². The largest absolute Gasteiger partial charge is 0.383 e. The first-order valence-electron chi connectivity index (χ1n) is 12.7. The molecule has 190 valence electrons. The molecule has 0 bridgehead atoms. The third-order valence-corrected chi connectivity index (χ3v) is 7.28. The van der Waals surface area contributed by atoms with Crippen LogP contribution >= 0.6 is 0 Å². The second-order valence-corrected chi connectivity index (χ2v) is 9.56. The number of anilines is 1. The van der Waals surface area contributed by atoms with E-state index in [1.807, 2.05) is 24.5 Å². The molecule has 2 aliphatic rings. The summed E-state index contributed by atoms with van der Waals surface area (Å²) in [4.78, 5) is 23.8. The van der Waals surface area contributed by atoms with Gasteiger partial charge in [0.15, 0.2) is 0 Å². The average Bonchev–Trinajstić information content (AvgIpc) is 2.89. The minimum absolute atomic E-state index is 0.0939. The fourth-order valence-corrected chi connectivity index (χ4v) is 5.45. The molecule has 2 saturated heterocycles. The van der Waals surface area contributed by atoms with E-state index in [1.165, 1.54) is 11.6 Å². The lowest BCUT2D eigenvalue weighted by Gasteiger charge is -2.47. The van der Waals surface area contributed by atoms with Crippen molar-refractivity contribution in [3.05, 3.63) is 60.2 Å². The molecule has 2 atom stereocenters. The zero-order valence-corrected chi connectivity index (χ0v) is 20.7. The Morgan fingerprint density at radius 2 is 1.89 bits per heavy atom. The normalized spacial score (nSPS) is 21.7. The van der Waals surface area contributed by atoms with Gasteiger partial charge in [0.05, 0.1) is 12.3 Å². The van der Waals surface area contributed by atoms with Gasteiger partial charge >= 0.3 is 0 Å². The molecule has 2 aliphatic heterocycles. The molecule has 4 rings (SSSR count). The van der Waals surface area contributed by atoms with Crippen LogP contribution in [-0.2, 0) is 16.1 Å². The number of hydrogen-bond donors (Lipinski definition) is 1. The number of carbonyl (C=O) groups excluding carboxylic acids is 1. The fourth-order valence-electron chi connectivity index (χ4n) is 5.45. The van der Waals surface area contributed by atoms with Crippen molar-refractivity contribution in [2.24, 2.45) is 5.92 Å². The van der Waals surface area contributed by atoms with Gasteiger partial charge in [-0.15, -0.1) is 0 Å². The predicted octanol–water partition coefficient (Wildman–Crippen LogP) is 2.78. The molecule has 2 fully saturated rings. The number of pyridine rings is 1. The van der Waals surface area contributed by atoms with Crippen molar-refractivity contribution >= 4 is 11.6 Å². The highest BCUT2D eigenvalue weighted by Crippen LogP contribution is 2.29. The Balaban J connectivity index is 1.36. The number of carbonyl (C=O) groups is 1. The third kappa shape index (κ3) is 7.22. The summed E-state index contributed by atoms with van der Waals surface area (Å²) < 4.78 is 19.3. The van der Waals surface area contributed by atoms with Gasteiger partial charge in [-0.25, -0.2) is 4.39 Å². The van der Waals surface area contributed by atoms with Gasteiger partial charge in [-0.3, -0.25) is 19.6 Å². The van der Waals surface area contributed by atoms with Crippen molar-refractivity contribution in [3.8, 4) is 0 Å². The first kappa shape index (κ1) is 25.5. The molecular formula is C27H38FN5O2. The maximum absolute atomic E-state index is 14.3. The summed E-state index contributed by atoms with van der Waals surface area (Å²) in [5.74, 6) is 0.359. The van der Waals surface area contributed by atoms with Crippen molar-refractivity contribution in [3.63, 3.8) is 0 Å². The van der Waals surface area contributed by atoms with Gasteiger partial charge < -0.3 is 15.0 Å². The molecule has 0 spiro atoms. The predicted molar refractivity (Wildman–Crippen MR) is 136 cm³/mol. The number of amides is 1. The molecule has 3 heterocycles. The number of nitrogens with zero attached hydrogens (tertiary/aromatic N) is 4. The molecule has 0 aliphatic carbocycles. The van der Waals surface area contributed by atoms with Crippen LogP contribution in [0.15, 0.2) is 48.8 Å². The van der Waals surface area contributed by atoms with Gasteiger partial charge in [0.1, 0.15) is 5.82 Å². The number of piperidine rings is 1. The number of nitrogens with one attached hydrogen (secondary N) is 1. The summed E-state index contributed by atoms with van der Waals surface area (Å²) >= 11 is 0. The lowest BCUT2D eigenvalue weighted by Crippen LogP contribution is -2.56. The van der Waals surface area contributed by atoms with Gasteiger partial charge in [0, 0.05) is 77.8 Å². The van der Waals surface area contributed by atoms with E-state index in [0.717, 1.165) is 58.7 Å². The summed E-state index contributed by atoms with van der Waals surface area (Å²) in [7, 11) is 1.64. The van der Waals surface area contributed by atoms with Gasteiger partial charge in [-0.2, -0.15) is 0 Å². The topological polar surface area (TPSA) is 60.9 Å². The van der Waals surface area contributed by atoms with Gasteiger partial charge in [-0.1, -0.05) is 12.1 Å². The average molecular weight is 484 g/mol. The van der Waals surface area contributed by atoms with Crippen LogP contribution in [0.25, 0.3) is 0 Å². The number of aromatic nitrogens is 1. The van der Waals surface area contributed by atoms with Crippen LogP contribution in [0.2, 0.25) is 0 Å². The summed E-state index contributed by atoms with van der Waals surface area (Å²) in [5, 5.41) is 2.96. The van der Waals surface area contributed by atoms with Crippen molar-refractivity contribution in [2.75, 3.05) is 64.4 Å². The maximum atomic E-state index is 14.3. The highest BCUT2D eigenvalue weighted by molar-refractivity contribution is 5.75. The van der Waals surface area contributed by atoms with Crippen LogP contribution in [-0.4, -0.2) is 86.3 Å². The number of para-hydroxylation sites is 1. The molecule has 8 heteroatoms. The van der Waals surface area contributed by atoms with Crippen molar-refractivity contribution in [1.82, 2.24) is 20.1 Å². The number of ether oxygens (including phenoxy) is 1. The molecule has 0 saturated carbocycles. The van der Waals surface area contributed by atoms with Crippen LogP contribution in [0.4, 0.5) is 10.1 Å².